The predicted molar refractivity (Wildman–Crippen MR) is 82.6 cm³/mol. The number of carbonyl (C=O) groups is 2. The zero-order valence-electron chi connectivity index (χ0n) is 13.6. The zero-order valence-corrected chi connectivity index (χ0v) is 13.6. The maximum absolute atomic E-state index is 12.3. The molecule has 0 aliphatic carbocycles. The maximum Gasteiger partial charge on any atom is 0.323 e. The van der Waals surface area contributed by atoms with Crippen LogP contribution < -0.4 is 10.6 Å². The summed E-state index contributed by atoms with van der Waals surface area (Å²) in [6.07, 6.45) is 1.62. The number of aromatic nitrogens is 1. The van der Waals surface area contributed by atoms with Crippen molar-refractivity contribution in [2.24, 2.45) is 5.92 Å². The molecule has 22 heavy (non-hydrogen) atoms. The lowest BCUT2D eigenvalue weighted by molar-refractivity contribution is -0.125. The normalized spacial score (nSPS) is 18.9. The average Bonchev–Trinajstić information content (AvgIpc) is 2.95. The van der Waals surface area contributed by atoms with Crippen LogP contribution in [-0.4, -0.2) is 42.1 Å². The summed E-state index contributed by atoms with van der Waals surface area (Å²) >= 11 is 0. The summed E-state index contributed by atoms with van der Waals surface area (Å²) < 4.78 is 5.25. The Morgan fingerprint density at radius 3 is 2.73 bits per heavy atom. The Labute approximate surface area is 130 Å². The largest absolute Gasteiger partial charge is 0.359 e. The van der Waals surface area contributed by atoms with Crippen molar-refractivity contribution in [3.05, 3.63) is 11.8 Å². The highest BCUT2D eigenvalue weighted by molar-refractivity contribution is 5.89. The Morgan fingerprint density at radius 2 is 2.14 bits per heavy atom. The fourth-order valence-corrected chi connectivity index (χ4v) is 2.46. The van der Waals surface area contributed by atoms with Crippen LogP contribution in [0.2, 0.25) is 0 Å². The quantitative estimate of drug-likeness (QED) is 0.874. The fraction of sp³-hybridized carbons (Fsp3) is 0.667. The molecule has 1 unspecified atom stereocenters. The monoisotopic (exact) mass is 308 g/mol. The lowest BCUT2D eigenvalue weighted by Gasteiger charge is -2.31. The Hall–Kier alpha value is -2.05. The Bertz CT molecular complexity index is 547. The minimum atomic E-state index is -0.248. The molecule has 1 aliphatic rings. The Balaban J connectivity index is 1.97. The number of anilines is 1. The van der Waals surface area contributed by atoms with Crippen molar-refractivity contribution in [2.45, 2.75) is 39.0 Å². The second kappa shape index (κ2) is 6.37. The molecule has 2 N–H and O–H groups in total. The van der Waals surface area contributed by atoms with Crippen LogP contribution in [0.25, 0.3) is 0 Å². The number of nitrogens with one attached hydrogen (secondary N) is 2. The van der Waals surface area contributed by atoms with Gasteiger partial charge in [-0.1, -0.05) is 25.9 Å². The highest BCUT2D eigenvalue weighted by Crippen LogP contribution is 2.25. The molecule has 122 valence electrons. The van der Waals surface area contributed by atoms with Crippen LogP contribution in [-0.2, 0) is 10.2 Å². The minimum absolute atomic E-state index is 0.0195. The number of carbonyl (C=O) groups excluding carboxylic acids is 2. The fourth-order valence-electron chi connectivity index (χ4n) is 2.46. The lowest BCUT2D eigenvalue weighted by atomic mass is 9.93. The van der Waals surface area contributed by atoms with E-state index >= 15 is 0 Å². The average molecular weight is 308 g/mol. The second-order valence-corrected chi connectivity index (χ2v) is 6.66. The summed E-state index contributed by atoms with van der Waals surface area (Å²) in [5, 5.41) is 9.25. The predicted octanol–water partition coefficient (Wildman–Crippen LogP) is 1.96. The van der Waals surface area contributed by atoms with Gasteiger partial charge in [-0.25, -0.2) is 4.79 Å². The molecule has 1 aromatic rings. The number of rotatable bonds is 2. The zero-order chi connectivity index (χ0) is 16.3. The molecular formula is C15H24N4O3. The molecule has 1 aromatic heterocycles. The van der Waals surface area contributed by atoms with Crippen LogP contribution in [0.15, 0.2) is 10.6 Å². The summed E-state index contributed by atoms with van der Waals surface area (Å²) in [5.41, 5.74) is -0.161. The van der Waals surface area contributed by atoms with E-state index in [2.05, 4.69) is 15.8 Å². The van der Waals surface area contributed by atoms with Crippen LogP contribution in [0.1, 0.15) is 39.4 Å². The van der Waals surface area contributed by atoms with Gasteiger partial charge in [0.15, 0.2) is 5.82 Å². The smallest absolute Gasteiger partial charge is 0.323 e. The first-order chi connectivity index (χ1) is 10.3. The Morgan fingerprint density at radius 1 is 1.41 bits per heavy atom. The van der Waals surface area contributed by atoms with Crippen molar-refractivity contribution in [1.29, 1.82) is 0 Å². The van der Waals surface area contributed by atoms with Crippen LogP contribution >= 0.6 is 0 Å². The van der Waals surface area contributed by atoms with Gasteiger partial charge in [-0.2, -0.15) is 0 Å². The number of likely N-dealkylation sites (tertiary alicyclic amines) is 1. The summed E-state index contributed by atoms with van der Waals surface area (Å²) in [7, 11) is 1.62. The molecule has 0 saturated carbocycles. The van der Waals surface area contributed by atoms with Gasteiger partial charge in [0.05, 0.1) is 5.92 Å². The molecule has 0 bridgehead atoms. The van der Waals surface area contributed by atoms with Crippen LogP contribution in [0.3, 0.4) is 0 Å². The van der Waals surface area contributed by atoms with Crippen molar-refractivity contribution in [1.82, 2.24) is 15.4 Å². The number of amides is 3. The summed E-state index contributed by atoms with van der Waals surface area (Å²) in [6.45, 7) is 7.10. The third-order valence-electron chi connectivity index (χ3n) is 3.81. The van der Waals surface area contributed by atoms with Crippen LogP contribution in [0.5, 0.6) is 0 Å². The van der Waals surface area contributed by atoms with Gasteiger partial charge in [0.25, 0.3) is 0 Å². The number of nitrogens with zero attached hydrogens (tertiary/aromatic N) is 2. The second-order valence-electron chi connectivity index (χ2n) is 6.66. The number of hydrogen-bond donors (Lipinski definition) is 2. The maximum atomic E-state index is 12.3. The van der Waals surface area contributed by atoms with E-state index in [0.29, 0.717) is 24.7 Å². The molecular weight excluding hydrogens is 284 g/mol. The molecule has 7 heteroatoms. The van der Waals surface area contributed by atoms with Crippen molar-refractivity contribution in [3.63, 3.8) is 0 Å². The van der Waals surface area contributed by atoms with E-state index in [9.17, 15) is 9.59 Å². The topological polar surface area (TPSA) is 87.5 Å². The van der Waals surface area contributed by atoms with E-state index in [1.165, 1.54) is 0 Å². The number of piperidine rings is 1. The first-order valence-electron chi connectivity index (χ1n) is 7.56. The number of urea groups is 1. The van der Waals surface area contributed by atoms with E-state index in [1.807, 2.05) is 20.8 Å². The molecule has 7 nitrogen and oxygen atoms in total. The first kappa shape index (κ1) is 16.3. The van der Waals surface area contributed by atoms with Crippen LogP contribution in [0.4, 0.5) is 10.6 Å². The summed E-state index contributed by atoms with van der Waals surface area (Å²) in [5.74, 6) is 0.947. The molecule has 1 fully saturated rings. The van der Waals surface area contributed by atoms with Crippen molar-refractivity contribution in [2.75, 3.05) is 25.5 Å². The minimum Gasteiger partial charge on any atom is -0.359 e. The van der Waals surface area contributed by atoms with Gasteiger partial charge >= 0.3 is 6.03 Å². The number of hydrogen-bond acceptors (Lipinski definition) is 4. The molecule has 1 atom stereocenters. The van der Waals surface area contributed by atoms with Gasteiger partial charge in [0.1, 0.15) is 5.76 Å². The Kier molecular flexibility index (Phi) is 4.73. The van der Waals surface area contributed by atoms with Crippen LogP contribution in [0, 0.1) is 5.92 Å². The van der Waals surface area contributed by atoms with Gasteiger partial charge in [-0.15, -0.1) is 0 Å². The molecule has 2 rings (SSSR count). The van der Waals surface area contributed by atoms with Gasteiger partial charge in [0.2, 0.25) is 5.91 Å². The summed E-state index contributed by atoms with van der Waals surface area (Å²) in [4.78, 5) is 25.6. The highest BCUT2D eigenvalue weighted by atomic mass is 16.5. The molecule has 1 aliphatic heterocycles. The van der Waals surface area contributed by atoms with Gasteiger partial charge < -0.3 is 14.7 Å². The van der Waals surface area contributed by atoms with E-state index in [1.54, 1.807) is 18.0 Å². The van der Waals surface area contributed by atoms with E-state index in [0.717, 1.165) is 12.8 Å². The van der Waals surface area contributed by atoms with E-state index in [4.69, 9.17) is 4.52 Å². The highest BCUT2D eigenvalue weighted by Gasteiger charge is 2.28. The molecule has 0 aromatic carbocycles. The van der Waals surface area contributed by atoms with Crippen molar-refractivity contribution >= 4 is 17.8 Å². The molecule has 3 amide bonds. The standard InChI is InChI=1S/C15H24N4O3/c1-15(2,3)11-8-12(18-22-11)17-14(21)19-7-5-6-10(9-19)13(20)16-4/h8,10H,5-7,9H2,1-4H3,(H,16,20)(H,17,18,21). The van der Waals surface area contributed by atoms with Gasteiger partial charge in [-0.05, 0) is 12.8 Å². The molecule has 0 radical (unpaired) electrons. The lowest BCUT2D eigenvalue weighted by Crippen LogP contribution is -2.46. The van der Waals surface area contributed by atoms with E-state index in [-0.39, 0.29) is 23.3 Å². The first-order valence-corrected chi connectivity index (χ1v) is 7.56. The SMILES string of the molecule is CNC(=O)C1CCCN(C(=O)Nc2cc(C(C)(C)C)on2)C1. The molecule has 1 saturated heterocycles. The van der Waals surface area contributed by atoms with Gasteiger partial charge in [-0.3, -0.25) is 10.1 Å². The van der Waals surface area contributed by atoms with Crippen molar-refractivity contribution < 1.29 is 14.1 Å². The third kappa shape index (κ3) is 3.78. The molecule has 2 heterocycles. The third-order valence-corrected chi connectivity index (χ3v) is 3.81. The van der Waals surface area contributed by atoms with Crippen molar-refractivity contribution in [3.8, 4) is 0 Å². The summed E-state index contributed by atoms with van der Waals surface area (Å²) in [6, 6.07) is 1.49. The molecule has 0 spiro atoms. The van der Waals surface area contributed by atoms with E-state index < -0.39 is 0 Å². The van der Waals surface area contributed by atoms with Gasteiger partial charge in [0, 0.05) is 31.6 Å².